The number of carbonyl (C=O) groups excluding carboxylic acids is 1. The van der Waals surface area contributed by atoms with E-state index in [-0.39, 0.29) is 42.1 Å². The van der Waals surface area contributed by atoms with E-state index >= 15 is 0 Å². The number of rotatable bonds is 8. The maximum Gasteiger partial charge on any atom is 0.224 e. The van der Waals surface area contributed by atoms with E-state index in [9.17, 15) is 9.18 Å². The van der Waals surface area contributed by atoms with Gasteiger partial charge in [-0.3, -0.25) is 9.79 Å². The van der Waals surface area contributed by atoms with Crippen LogP contribution in [0, 0.1) is 12.7 Å². The summed E-state index contributed by atoms with van der Waals surface area (Å²) in [5, 5.41) is 12.3. The van der Waals surface area contributed by atoms with E-state index in [0.717, 1.165) is 23.7 Å². The molecule has 0 atom stereocenters. The smallest absolute Gasteiger partial charge is 0.224 e. The lowest BCUT2D eigenvalue weighted by Crippen LogP contribution is -2.42. The van der Waals surface area contributed by atoms with Crippen molar-refractivity contribution in [2.24, 2.45) is 4.99 Å². The Hall–Kier alpha value is -1.75. The average Bonchev–Trinajstić information content (AvgIpc) is 3.02. The Morgan fingerprint density at radius 2 is 1.96 bits per heavy atom. The lowest BCUT2D eigenvalue weighted by Gasteiger charge is -2.12. The summed E-state index contributed by atoms with van der Waals surface area (Å²) in [6, 6.07) is 6.06. The van der Waals surface area contributed by atoms with Gasteiger partial charge in [0.25, 0.3) is 0 Å². The van der Waals surface area contributed by atoms with Crippen molar-refractivity contribution in [1.82, 2.24) is 20.9 Å². The minimum absolute atomic E-state index is 0. The summed E-state index contributed by atoms with van der Waals surface area (Å²) < 4.78 is 13.1. The van der Waals surface area contributed by atoms with Crippen LogP contribution in [0.5, 0.6) is 0 Å². The largest absolute Gasteiger partial charge is 0.356 e. The Morgan fingerprint density at radius 1 is 1.22 bits per heavy atom. The van der Waals surface area contributed by atoms with Gasteiger partial charge in [0, 0.05) is 38.5 Å². The number of nitrogens with zero attached hydrogens (tertiary/aromatic N) is 2. The number of guanidine groups is 1. The second-order valence-electron chi connectivity index (χ2n) is 5.69. The highest BCUT2D eigenvalue weighted by Gasteiger charge is 2.04. The van der Waals surface area contributed by atoms with E-state index < -0.39 is 0 Å². The monoisotopic (exact) mass is 505 g/mol. The minimum Gasteiger partial charge on any atom is -0.356 e. The van der Waals surface area contributed by atoms with Crippen LogP contribution in [-0.2, 0) is 17.6 Å². The van der Waals surface area contributed by atoms with Crippen molar-refractivity contribution in [3.8, 4) is 0 Å². The van der Waals surface area contributed by atoms with Crippen LogP contribution in [0.1, 0.15) is 16.3 Å². The molecule has 27 heavy (non-hydrogen) atoms. The van der Waals surface area contributed by atoms with Gasteiger partial charge in [0.1, 0.15) is 5.82 Å². The van der Waals surface area contributed by atoms with Gasteiger partial charge in [-0.05, 0) is 24.6 Å². The molecule has 1 aromatic heterocycles. The first-order chi connectivity index (χ1) is 12.6. The van der Waals surface area contributed by atoms with Crippen LogP contribution in [0.15, 0.2) is 34.6 Å². The van der Waals surface area contributed by atoms with E-state index in [0.29, 0.717) is 24.6 Å². The molecule has 2 rings (SSSR count). The van der Waals surface area contributed by atoms with Crippen molar-refractivity contribution in [1.29, 1.82) is 0 Å². The third-order valence-electron chi connectivity index (χ3n) is 3.56. The number of nitrogens with one attached hydrogen (secondary N) is 3. The molecule has 0 saturated carbocycles. The number of hydrogen-bond donors (Lipinski definition) is 3. The molecule has 148 valence electrons. The molecule has 0 saturated heterocycles. The number of thiazole rings is 1. The Balaban J connectivity index is 0.00000364. The maximum atomic E-state index is 13.1. The van der Waals surface area contributed by atoms with Crippen LogP contribution in [0.4, 0.5) is 4.39 Å². The van der Waals surface area contributed by atoms with Gasteiger partial charge < -0.3 is 16.0 Å². The van der Waals surface area contributed by atoms with Crippen molar-refractivity contribution in [2.75, 3.05) is 26.7 Å². The first-order valence-corrected chi connectivity index (χ1v) is 9.31. The van der Waals surface area contributed by atoms with Gasteiger partial charge in [-0.25, -0.2) is 9.37 Å². The fourth-order valence-corrected chi connectivity index (χ4v) is 2.98. The number of halogens is 2. The molecule has 1 heterocycles. The van der Waals surface area contributed by atoms with Crippen molar-refractivity contribution >= 4 is 47.2 Å². The van der Waals surface area contributed by atoms with Gasteiger partial charge in [-0.15, -0.1) is 35.3 Å². The Labute approximate surface area is 180 Å². The minimum atomic E-state index is -0.334. The SMILES string of the molecule is CN=C(NCCNC(=O)Cc1cccc(F)c1)NCCc1csc(C)n1.I. The Kier molecular flexibility index (Phi) is 10.9. The van der Waals surface area contributed by atoms with Crippen molar-refractivity contribution in [2.45, 2.75) is 19.8 Å². The highest BCUT2D eigenvalue weighted by atomic mass is 127. The van der Waals surface area contributed by atoms with Crippen LogP contribution in [0.25, 0.3) is 0 Å². The first-order valence-electron chi connectivity index (χ1n) is 8.43. The Bertz CT molecular complexity index is 753. The molecule has 0 aliphatic carbocycles. The summed E-state index contributed by atoms with van der Waals surface area (Å²) in [5.74, 6) is 0.204. The fourth-order valence-electron chi connectivity index (χ4n) is 2.33. The maximum absolute atomic E-state index is 13.1. The van der Waals surface area contributed by atoms with Gasteiger partial charge in [0.15, 0.2) is 5.96 Å². The molecule has 0 radical (unpaired) electrons. The summed E-state index contributed by atoms with van der Waals surface area (Å²) in [7, 11) is 1.70. The summed E-state index contributed by atoms with van der Waals surface area (Å²) in [6.45, 7) is 3.73. The molecule has 0 aliphatic heterocycles. The molecule has 0 aliphatic rings. The van der Waals surface area contributed by atoms with Crippen LogP contribution >= 0.6 is 35.3 Å². The van der Waals surface area contributed by atoms with E-state index in [4.69, 9.17) is 0 Å². The molecule has 3 N–H and O–H groups in total. The lowest BCUT2D eigenvalue weighted by molar-refractivity contribution is -0.120. The van der Waals surface area contributed by atoms with Crippen molar-refractivity contribution < 1.29 is 9.18 Å². The number of aromatic nitrogens is 1. The predicted octanol–water partition coefficient (Wildman–Crippen LogP) is 2.28. The quantitative estimate of drug-likeness (QED) is 0.223. The number of benzene rings is 1. The molecule has 9 heteroatoms. The molecule has 2 aromatic rings. The van der Waals surface area contributed by atoms with Gasteiger partial charge in [-0.1, -0.05) is 12.1 Å². The second kappa shape index (κ2) is 12.6. The third-order valence-corrected chi connectivity index (χ3v) is 4.38. The zero-order valence-electron chi connectivity index (χ0n) is 15.4. The zero-order valence-corrected chi connectivity index (χ0v) is 18.6. The molecular formula is C18H25FIN5OS. The van der Waals surface area contributed by atoms with E-state index in [1.54, 1.807) is 30.5 Å². The number of aryl methyl sites for hydroxylation is 1. The third kappa shape index (κ3) is 9.14. The molecule has 0 unspecified atom stereocenters. The number of amides is 1. The fraction of sp³-hybridized carbons (Fsp3) is 0.389. The standard InChI is InChI=1S/C18H24FN5OS.HI/c1-13-24-16(12-26-13)6-7-22-18(20-2)23-9-8-21-17(25)11-14-4-3-5-15(19)10-14;/h3-5,10,12H,6-9,11H2,1-2H3,(H,21,25)(H2,20,22,23);1H. The number of hydrogen-bond acceptors (Lipinski definition) is 4. The first kappa shape index (κ1) is 23.3. The van der Waals surface area contributed by atoms with Crippen LogP contribution in [0.3, 0.4) is 0 Å². The molecule has 1 aromatic carbocycles. The van der Waals surface area contributed by atoms with Crippen molar-refractivity contribution in [3.63, 3.8) is 0 Å². The van der Waals surface area contributed by atoms with Gasteiger partial charge >= 0.3 is 0 Å². The molecule has 0 bridgehead atoms. The normalized spacial score (nSPS) is 10.9. The van der Waals surface area contributed by atoms with Gasteiger partial charge in [0.2, 0.25) is 5.91 Å². The molecular weight excluding hydrogens is 480 g/mol. The summed E-state index contributed by atoms with van der Waals surface area (Å²) >= 11 is 1.64. The second-order valence-corrected chi connectivity index (χ2v) is 6.75. The van der Waals surface area contributed by atoms with Gasteiger partial charge in [0.05, 0.1) is 17.1 Å². The molecule has 1 amide bonds. The highest BCUT2D eigenvalue weighted by molar-refractivity contribution is 14.0. The van der Waals surface area contributed by atoms with E-state index in [1.165, 1.54) is 12.1 Å². The van der Waals surface area contributed by atoms with Crippen LogP contribution in [-0.4, -0.2) is 43.5 Å². The highest BCUT2D eigenvalue weighted by Crippen LogP contribution is 2.07. The lowest BCUT2D eigenvalue weighted by atomic mass is 10.1. The Morgan fingerprint density at radius 3 is 2.63 bits per heavy atom. The van der Waals surface area contributed by atoms with E-state index in [1.807, 2.05) is 6.92 Å². The average molecular weight is 505 g/mol. The number of carbonyl (C=O) groups is 1. The molecule has 6 nitrogen and oxygen atoms in total. The topological polar surface area (TPSA) is 78.4 Å². The summed E-state index contributed by atoms with van der Waals surface area (Å²) in [4.78, 5) is 20.4. The number of aliphatic imine (C=N–C) groups is 1. The summed E-state index contributed by atoms with van der Waals surface area (Å²) in [6.07, 6.45) is 0.993. The molecule has 0 fully saturated rings. The predicted molar refractivity (Wildman–Crippen MR) is 118 cm³/mol. The summed E-state index contributed by atoms with van der Waals surface area (Å²) in [5.41, 5.74) is 1.73. The van der Waals surface area contributed by atoms with Gasteiger partial charge in [-0.2, -0.15) is 0 Å². The van der Waals surface area contributed by atoms with Crippen LogP contribution < -0.4 is 16.0 Å². The van der Waals surface area contributed by atoms with Crippen LogP contribution in [0.2, 0.25) is 0 Å². The van der Waals surface area contributed by atoms with E-state index in [2.05, 4.69) is 31.3 Å². The molecule has 0 spiro atoms. The zero-order chi connectivity index (χ0) is 18.8. The van der Waals surface area contributed by atoms with Crippen molar-refractivity contribution in [3.05, 3.63) is 51.7 Å².